The molecule has 2 aromatic heterocycles. The van der Waals surface area contributed by atoms with Crippen molar-refractivity contribution in [1.82, 2.24) is 20.2 Å². The van der Waals surface area contributed by atoms with Gasteiger partial charge in [0.1, 0.15) is 5.76 Å². The van der Waals surface area contributed by atoms with Gasteiger partial charge >= 0.3 is 0 Å². The van der Waals surface area contributed by atoms with Gasteiger partial charge in [0.2, 0.25) is 5.95 Å². The van der Waals surface area contributed by atoms with Crippen LogP contribution in [0.25, 0.3) is 5.69 Å². The van der Waals surface area contributed by atoms with E-state index in [2.05, 4.69) is 20.8 Å². The highest BCUT2D eigenvalue weighted by Crippen LogP contribution is 2.19. The molecule has 0 spiro atoms. The van der Waals surface area contributed by atoms with Gasteiger partial charge in [0, 0.05) is 0 Å². The van der Waals surface area contributed by atoms with Gasteiger partial charge in [0.25, 0.3) is 0 Å². The Balaban J connectivity index is 1.85. The van der Waals surface area contributed by atoms with Crippen molar-refractivity contribution in [2.75, 3.05) is 5.32 Å². The minimum atomic E-state index is -0.0107. The van der Waals surface area contributed by atoms with E-state index in [1.807, 2.05) is 49.4 Å². The molecule has 0 aliphatic carbocycles. The van der Waals surface area contributed by atoms with Crippen LogP contribution in [-0.4, -0.2) is 20.2 Å². The zero-order valence-corrected chi connectivity index (χ0v) is 10.4. The summed E-state index contributed by atoms with van der Waals surface area (Å²) in [6.07, 6.45) is 1.65. The highest BCUT2D eigenvalue weighted by atomic mass is 16.3. The topological polar surface area (TPSA) is 68.8 Å². The Bertz CT molecular complexity index is 632. The normalized spacial score (nSPS) is 12.3. The molecular formula is C13H13N5O. The van der Waals surface area contributed by atoms with Crippen molar-refractivity contribution in [2.24, 2.45) is 0 Å². The number of hydrogen-bond acceptors (Lipinski definition) is 5. The highest BCUT2D eigenvalue weighted by molar-refractivity contribution is 5.39. The Morgan fingerprint density at radius 1 is 1.16 bits per heavy atom. The van der Waals surface area contributed by atoms with E-state index in [0.29, 0.717) is 5.95 Å². The number of hydrogen-bond donors (Lipinski definition) is 1. The summed E-state index contributed by atoms with van der Waals surface area (Å²) in [7, 11) is 0. The van der Waals surface area contributed by atoms with Crippen LogP contribution in [0.4, 0.5) is 5.95 Å². The number of anilines is 1. The molecule has 0 saturated heterocycles. The van der Waals surface area contributed by atoms with Gasteiger partial charge in [0.05, 0.1) is 18.0 Å². The lowest BCUT2D eigenvalue weighted by molar-refractivity contribution is 0.489. The minimum Gasteiger partial charge on any atom is -0.467 e. The Morgan fingerprint density at radius 2 is 2.00 bits per heavy atom. The van der Waals surface area contributed by atoms with E-state index in [-0.39, 0.29) is 6.04 Å². The summed E-state index contributed by atoms with van der Waals surface area (Å²) >= 11 is 0. The zero-order valence-electron chi connectivity index (χ0n) is 10.4. The summed E-state index contributed by atoms with van der Waals surface area (Å²) in [4.78, 5) is 0. The third-order valence-electron chi connectivity index (χ3n) is 2.79. The molecule has 0 saturated carbocycles. The molecule has 1 atom stereocenters. The monoisotopic (exact) mass is 255 g/mol. The maximum atomic E-state index is 5.35. The molecule has 3 aromatic rings. The number of tetrazole rings is 1. The van der Waals surface area contributed by atoms with Gasteiger partial charge < -0.3 is 9.73 Å². The van der Waals surface area contributed by atoms with Crippen molar-refractivity contribution >= 4 is 5.95 Å². The summed E-state index contributed by atoms with van der Waals surface area (Å²) in [5.41, 5.74) is 0.904. The Hall–Kier alpha value is -2.63. The maximum Gasteiger partial charge on any atom is 0.248 e. The molecule has 2 heterocycles. The Kier molecular flexibility index (Phi) is 2.97. The van der Waals surface area contributed by atoms with Crippen molar-refractivity contribution < 1.29 is 4.42 Å². The number of benzene rings is 1. The predicted molar refractivity (Wildman–Crippen MR) is 69.9 cm³/mol. The molecule has 0 bridgehead atoms. The first-order valence-electron chi connectivity index (χ1n) is 5.98. The van der Waals surface area contributed by atoms with E-state index in [1.165, 1.54) is 0 Å². The summed E-state index contributed by atoms with van der Waals surface area (Å²) in [5.74, 6) is 1.41. The molecule has 6 heteroatoms. The standard InChI is InChI=1S/C13H13N5O/c1-10(12-8-5-9-19-12)14-13-15-16-17-18(13)11-6-3-2-4-7-11/h2-10H,1H3,(H,14,15,17)/t10-/m1/s1. The van der Waals surface area contributed by atoms with Gasteiger partial charge in [-0.25, -0.2) is 0 Å². The molecule has 19 heavy (non-hydrogen) atoms. The van der Waals surface area contributed by atoms with E-state index in [4.69, 9.17) is 4.42 Å². The lowest BCUT2D eigenvalue weighted by atomic mass is 10.2. The molecule has 0 aliphatic rings. The number of rotatable bonds is 4. The van der Waals surface area contributed by atoms with E-state index in [9.17, 15) is 0 Å². The first kappa shape index (κ1) is 11.5. The van der Waals surface area contributed by atoms with E-state index in [0.717, 1.165) is 11.4 Å². The second-order valence-corrected chi connectivity index (χ2v) is 4.13. The summed E-state index contributed by atoms with van der Waals surface area (Å²) in [6, 6.07) is 13.5. The van der Waals surface area contributed by atoms with Crippen molar-refractivity contribution in [3.63, 3.8) is 0 Å². The Labute approximate surface area is 110 Å². The number of aromatic nitrogens is 4. The second-order valence-electron chi connectivity index (χ2n) is 4.13. The number of nitrogens with zero attached hydrogens (tertiary/aromatic N) is 4. The third-order valence-corrected chi connectivity index (χ3v) is 2.79. The second kappa shape index (κ2) is 4.93. The van der Waals surface area contributed by atoms with Crippen LogP contribution in [0.2, 0.25) is 0 Å². The van der Waals surface area contributed by atoms with E-state index >= 15 is 0 Å². The SMILES string of the molecule is C[C@@H](Nc1nnnn1-c1ccccc1)c1ccco1. The molecule has 0 aliphatic heterocycles. The molecule has 96 valence electrons. The lowest BCUT2D eigenvalue weighted by Gasteiger charge is -2.11. The van der Waals surface area contributed by atoms with Gasteiger partial charge in [-0.05, 0) is 41.6 Å². The predicted octanol–water partition coefficient (Wildman–Crippen LogP) is 2.43. The minimum absolute atomic E-state index is 0.0107. The smallest absolute Gasteiger partial charge is 0.248 e. The summed E-state index contributed by atoms with van der Waals surface area (Å²) in [6.45, 7) is 1.99. The van der Waals surface area contributed by atoms with Crippen molar-refractivity contribution in [3.8, 4) is 5.69 Å². The van der Waals surface area contributed by atoms with Crippen LogP contribution in [0.3, 0.4) is 0 Å². The van der Waals surface area contributed by atoms with Crippen LogP contribution in [0.5, 0.6) is 0 Å². The van der Waals surface area contributed by atoms with Gasteiger partial charge in [-0.2, -0.15) is 4.68 Å². The molecule has 1 N–H and O–H groups in total. The van der Waals surface area contributed by atoms with Crippen LogP contribution in [0, 0.1) is 0 Å². The average Bonchev–Trinajstić information content (AvgIpc) is 3.11. The Morgan fingerprint density at radius 3 is 2.74 bits per heavy atom. The number of para-hydroxylation sites is 1. The van der Waals surface area contributed by atoms with Gasteiger partial charge in [-0.1, -0.05) is 23.3 Å². The molecule has 3 rings (SSSR count). The van der Waals surface area contributed by atoms with Crippen LogP contribution in [0.1, 0.15) is 18.7 Å². The largest absolute Gasteiger partial charge is 0.467 e. The number of furan rings is 1. The van der Waals surface area contributed by atoms with Crippen molar-refractivity contribution in [1.29, 1.82) is 0 Å². The van der Waals surface area contributed by atoms with Gasteiger partial charge in [-0.15, -0.1) is 0 Å². The highest BCUT2D eigenvalue weighted by Gasteiger charge is 2.13. The quantitative estimate of drug-likeness (QED) is 0.775. The van der Waals surface area contributed by atoms with Crippen molar-refractivity contribution in [2.45, 2.75) is 13.0 Å². The zero-order chi connectivity index (χ0) is 13.1. The lowest BCUT2D eigenvalue weighted by Crippen LogP contribution is -2.11. The molecular weight excluding hydrogens is 242 g/mol. The molecule has 1 aromatic carbocycles. The molecule has 6 nitrogen and oxygen atoms in total. The maximum absolute atomic E-state index is 5.35. The van der Waals surface area contributed by atoms with Crippen molar-refractivity contribution in [3.05, 3.63) is 54.5 Å². The van der Waals surface area contributed by atoms with E-state index in [1.54, 1.807) is 10.9 Å². The molecule has 0 radical (unpaired) electrons. The van der Waals surface area contributed by atoms with Gasteiger partial charge in [0.15, 0.2) is 0 Å². The number of nitrogens with one attached hydrogen (secondary N) is 1. The van der Waals surface area contributed by atoms with Crippen LogP contribution in [0.15, 0.2) is 53.1 Å². The molecule has 0 fully saturated rings. The fourth-order valence-corrected chi connectivity index (χ4v) is 1.82. The average molecular weight is 255 g/mol. The molecule has 0 unspecified atom stereocenters. The fraction of sp³-hybridized carbons (Fsp3) is 0.154. The van der Waals surface area contributed by atoms with Crippen LogP contribution >= 0.6 is 0 Å². The summed E-state index contributed by atoms with van der Waals surface area (Å²) < 4.78 is 7.00. The molecule has 0 amide bonds. The van der Waals surface area contributed by atoms with Crippen LogP contribution < -0.4 is 5.32 Å². The first-order chi connectivity index (χ1) is 9.34. The first-order valence-corrected chi connectivity index (χ1v) is 5.98. The van der Waals surface area contributed by atoms with E-state index < -0.39 is 0 Å². The summed E-state index contributed by atoms with van der Waals surface area (Å²) in [5, 5.41) is 14.9. The fourth-order valence-electron chi connectivity index (χ4n) is 1.82. The third kappa shape index (κ3) is 2.33. The van der Waals surface area contributed by atoms with Crippen LogP contribution in [-0.2, 0) is 0 Å². The van der Waals surface area contributed by atoms with Gasteiger partial charge in [-0.3, -0.25) is 0 Å².